The lowest BCUT2D eigenvalue weighted by atomic mass is 9.95. The summed E-state index contributed by atoms with van der Waals surface area (Å²) in [5.41, 5.74) is 7.79. The van der Waals surface area contributed by atoms with E-state index in [-0.39, 0.29) is 6.04 Å². The van der Waals surface area contributed by atoms with Crippen LogP contribution in [0.4, 0.5) is 0 Å². The van der Waals surface area contributed by atoms with Gasteiger partial charge in [0.15, 0.2) is 0 Å². The Bertz CT molecular complexity index is 566. The van der Waals surface area contributed by atoms with Crippen LogP contribution in [0.3, 0.4) is 0 Å². The van der Waals surface area contributed by atoms with Crippen molar-refractivity contribution in [2.24, 2.45) is 5.84 Å². The Balaban J connectivity index is 2.25. The monoisotopic (exact) mass is 274 g/mol. The molecule has 0 saturated heterocycles. The molecular weight excluding hydrogens is 256 g/mol. The lowest BCUT2D eigenvalue weighted by molar-refractivity contribution is 0.549. The topological polar surface area (TPSA) is 38.0 Å². The van der Waals surface area contributed by atoms with E-state index in [0.717, 1.165) is 17.0 Å². The minimum absolute atomic E-state index is 0.0964. The van der Waals surface area contributed by atoms with Gasteiger partial charge in [-0.1, -0.05) is 47.5 Å². The maximum atomic E-state index is 5.99. The van der Waals surface area contributed by atoms with Crippen molar-refractivity contribution in [3.63, 3.8) is 0 Å². The highest BCUT2D eigenvalue weighted by Crippen LogP contribution is 2.24. The van der Waals surface area contributed by atoms with Gasteiger partial charge in [-0.3, -0.25) is 11.3 Å². The third-order valence-electron chi connectivity index (χ3n) is 3.33. The second-order valence-electron chi connectivity index (χ2n) is 4.91. The van der Waals surface area contributed by atoms with E-state index in [2.05, 4.69) is 43.5 Å². The number of halogens is 1. The quantitative estimate of drug-likeness (QED) is 0.659. The first-order chi connectivity index (χ1) is 9.10. The maximum absolute atomic E-state index is 5.99. The Morgan fingerprint density at radius 2 is 1.95 bits per heavy atom. The van der Waals surface area contributed by atoms with Crippen LogP contribution in [0.5, 0.6) is 0 Å². The summed E-state index contributed by atoms with van der Waals surface area (Å²) in [4.78, 5) is 0. The minimum atomic E-state index is 0.0964. The van der Waals surface area contributed by atoms with Gasteiger partial charge < -0.3 is 0 Å². The molecule has 0 aliphatic rings. The van der Waals surface area contributed by atoms with E-state index < -0.39 is 0 Å². The molecule has 0 fully saturated rings. The van der Waals surface area contributed by atoms with Crippen LogP contribution in [0.2, 0.25) is 5.02 Å². The number of hydrazine groups is 1. The average molecular weight is 275 g/mol. The van der Waals surface area contributed by atoms with Crippen LogP contribution < -0.4 is 11.3 Å². The van der Waals surface area contributed by atoms with Crippen LogP contribution >= 0.6 is 11.6 Å². The predicted octanol–water partition coefficient (Wildman–Crippen LogP) is 3.70. The first-order valence-electron chi connectivity index (χ1n) is 6.38. The molecule has 1 atom stereocenters. The molecule has 0 saturated carbocycles. The van der Waals surface area contributed by atoms with Gasteiger partial charge in [0.1, 0.15) is 0 Å². The molecule has 2 aromatic rings. The van der Waals surface area contributed by atoms with E-state index in [4.69, 9.17) is 17.4 Å². The molecule has 0 aromatic heterocycles. The Morgan fingerprint density at radius 1 is 1.16 bits per heavy atom. The number of nitrogens with two attached hydrogens (primary N) is 1. The summed E-state index contributed by atoms with van der Waals surface area (Å²) in [5.74, 6) is 5.71. The van der Waals surface area contributed by atoms with Crippen LogP contribution in [0, 0.1) is 13.8 Å². The van der Waals surface area contributed by atoms with Crippen molar-refractivity contribution < 1.29 is 0 Å². The predicted molar refractivity (Wildman–Crippen MR) is 81.1 cm³/mol. The summed E-state index contributed by atoms with van der Waals surface area (Å²) >= 11 is 5.99. The molecule has 0 amide bonds. The molecule has 0 aliphatic heterocycles. The molecule has 0 spiro atoms. The summed E-state index contributed by atoms with van der Waals surface area (Å²) in [5, 5.41) is 0.757. The number of benzene rings is 2. The van der Waals surface area contributed by atoms with Gasteiger partial charge in [0.2, 0.25) is 0 Å². The summed E-state index contributed by atoms with van der Waals surface area (Å²) in [6.45, 7) is 4.16. The molecule has 1 unspecified atom stereocenters. The molecule has 0 radical (unpaired) electrons. The molecule has 0 aliphatic carbocycles. The fourth-order valence-electron chi connectivity index (χ4n) is 2.36. The summed E-state index contributed by atoms with van der Waals surface area (Å²) in [6.07, 6.45) is 0.862. The van der Waals surface area contributed by atoms with Gasteiger partial charge in [-0.15, -0.1) is 0 Å². The first kappa shape index (κ1) is 14.1. The zero-order chi connectivity index (χ0) is 13.8. The molecular formula is C16H19ClN2. The van der Waals surface area contributed by atoms with Gasteiger partial charge in [0, 0.05) is 5.02 Å². The number of rotatable bonds is 4. The van der Waals surface area contributed by atoms with Crippen LogP contribution in [-0.2, 0) is 6.42 Å². The zero-order valence-corrected chi connectivity index (χ0v) is 12.0. The number of nitrogens with one attached hydrogen (secondary N) is 1. The Kier molecular flexibility index (Phi) is 4.59. The Labute approximate surface area is 119 Å². The largest absolute Gasteiger partial charge is 0.271 e. The highest BCUT2D eigenvalue weighted by Gasteiger charge is 2.13. The summed E-state index contributed by atoms with van der Waals surface area (Å²) in [7, 11) is 0. The van der Waals surface area contributed by atoms with Crippen molar-refractivity contribution in [3.8, 4) is 0 Å². The third-order valence-corrected chi connectivity index (χ3v) is 3.57. The summed E-state index contributed by atoms with van der Waals surface area (Å²) < 4.78 is 0. The van der Waals surface area contributed by atoms with Crippen LogP contribution in [-0.4, -0.2) is 0 Å². The molecule has 2 aromatic carbocycles. The average Bonchev–Trinajstić information content (AvgIpc) is 2.37. The van der Waals surface area contributed by atoms with E-state index in [1.165, 1.54) is 16.7 Å². The van der Waals surface area contributed by atoms with Gasteiger partial charge in [-0.2, -0.15) is 0 Å². The van der Waals surface area contributed by atoms with Crippen LogP contribution in [0.15, 0.2) is 42.5 Å². The molecule has 3 heteroatoms. The second-order valence-corrected chi connectivity index (χ2v) is 5.35. The van der Waals surface area contributed by atoms with Gasteiger partial charge in [0.05, 0.1) is 6.04 Å². The molecule has 19 heavy (non-hydrogen) atoms. The van der Waals surface area contributed by atoms with Gasteiger partial charge in [0.25, 0.3) is 0 Å². The Morgan fingerprint density at radius 3 is 2.58 bits per heavy atom. The van der Waals surface area contributed by atoms with Crippen molar-refractivity contribution in [2.75, 3.05) is 0 Å². The van der Waals surface area contributed by atoms with Crippen LogP contribution in [0.1, 0.15) is 28.3 Å². The SMILES string of the molecule is Cc1cccc(CC(NN)c2ccc(Cl)cc2C)c1. The maximum Gasteiger partial charge on any atom is 0.0502 e. The van der Waals surface area contributed by atoms with Crippen molar-refractivity contribution in [3.05, 3.63) is 69.7 Å². The van der Waals surface area contributed by atoms with Crippen molar-refractivity contribution in [1.29, 1.82) is 0 Å². The van der Waals surface area contributed by atoms with Gasteiger partial charge >= 0.3 is 0 Å². The van der Waals surface area contributed by atoms with Crippen molar-refractivity contribution >= 4 is 11.6 Å². The lowest BCUT2D eigenvalue weighted by Crippen LogP contribution is -2.30. The fourth-order valence-corrected chi connectivity index (χ4v) is 2.59. The van der Waals surface area contributed by atoms with E-state index in [1.807, 2.05) is 18.2 Å². The molecule has 3 N–H and O–H groups in total. The first-order valence-corrected chi connectivity index (χ1v) is 6.75. The number of aryl methyl sites for hydroxylation is 2. The number of hydrogen-bond acceptors (Lipinski definition) is 2. The molecule has 0 bridgehead atoms. The highest BCUT2D eigenvalue weighted by atomic mass is 35.5. The van der Waals surface area contributed by atoms with Crippen molar-refractivity contribution in [2.45, 2.75) is 26.3 Å². The molecule has 2 rings (SSSR count). The normalized spacial score (nSPS) is 12.4. The molecule has 100 valence electrons. The van der Waals surface area contributed by atoms with Gasteiger partial charge in [-0.05, 0) is 49.1 Å². The summed E-state index contributed by atoms with van der Waals surface area (Å²) in [6, 6.07) is 14.5. The number of hydrogen-bond donors (Lipinski definition) is 2. The third kappa shape index (κ3) is 3.57. The van der Waals surface area contributed by atoms with E-state index in [0.29, 0.717) is 0 Å². The van der Waals surface area contributed by atoms with Crippen molar-refractivity contribution in [1.82, 2.24) is 5.43 Å². The standard InChI is InChI=1S/C16H19ClN2/c1-11-4-3-5-13(8-11)10-16(19-18)15-7-6-14(17)9-12(15)2/h3-9,16,19H,10,18H2,1-2H3. The molecule has 0 heterocycles. The second kappa shape index (κ2) is 6.20. The lowest BCUT2D eigenvalue weighted by Gasteiger charge is -2.19. The smallest absolute Gasteiger partial charge is 0.0502 e. The zero-order valence-electron chi connectivity index (χ0n) is 11.3. The fraction of sp³-hybridized carbons (Fsp3) is 0.250. The minimum Gasteiger partial charge on any atom is -0.271 e. The van der Waals surface area contributed by atoms with Gasteiger partial charge in [-0.25, -0.2) is 0 Å². The Hall–Kier alpha value is -1.35. The van der Waals surface area contributed by atoms with Crippen LogP contribution in [0.25, 0.3) is 0 Å². The van der Waals surface area contributed by atoms with E-state index in [1.54, 1.807) is 0 Å². The van der Waals surface area contributed by atoms with E-state index in [9.17, 15) is 0 Å². The highest BCUT2D eigenvalue weighted by molar-refractivity contribution is 6.30. The van der Waals surface area contributed by atoms with E-state index >= 15 is 0 Å². The molecule has 2 nitrogen and oxygen atoms in total.